The van der Waals surface area contributed by atoms with E-state index in [0.29, 0.717) is 0 Å². The van der Waals surface area contributed by atoms with Gasteiger partial charge in [-0.05, 0) is 50.8 Å². The Balaban J connectivity index is 1.50. The van der Waals surface area contributed by atoms with Crippen molar-refractivity contribution < 1.29 is 0 Å². The first-order valence-corrected chi connectivity index (χ1v) is 10.4. The molecule has 0 aliphatic carbocycles. The molecule has 1 saturated heterocycles. The fraction of sp³-hybridized carbons (Fsp3) is 0.571. The normalized spacial score (nSPS) is 15.2. The molecule has 0 amide bonds. The molecule has 2 heterocycles. The summed E-state index contributed by atoms with van der Waals surface area (Å²) in [6.45, 7) is 13.3. The summed E-state index contributed by atoms with van der Waals surface area (Å²) in [5.41, 5.74) is 4.13. The van der Waals surface area contributed by atoms with E-state index in [0.717, 1.165) is 64.6 Å². The SMILES string of the molecule is CCNC(=NCCCCn1cnnc1)N1CCN(c2cccc(C)c2C)CC1. The van der Waals surface area contributed by atoms with Gasteiger partial charge in [0.1, 0.15) is 12.7 Å². The average molecular weight is 384 g/mol. The van der Waals surface area contributed by atoms with Crippen LogP contribution in [-0.4, -0.2) is 64.9 Å². The Morgan fingerprint density at radius 3 is 2.54 bits per heavy atom. The van der Waals surface area contributed by atoms with E-state index in [-0.39, 0.29) is 0 Å². The minimum atomic E-state index is 0.849. The maximum atomic E-state index is 4.86. The van der Waals surface area contributed by atoms with E-state index in [1.165, 1.54) is 16.8 Å². The van der Waals surface area contributed by atoms with Crippen LogP contribution in [0.4, 0.5) is 5.69 Å². The van der Waals surface area contributed by atoms with Crippen LogP contribution in [0.1, 0.15) is 30.9 Å². The van der Waals surface area contributed by atoms with Gasteiger partial charge in [0.25, 0.3) is 0 Å². The summed E-state index contributed by atoms with van der Waals surface area (Å²) in [5.74, 6) is 1.05. The van der Waals surface area contributed by atoms with Crippen LogP contribution in [0.15, 0.2) is 35.8 Å². The van der Waals surface area contributed by atoms with Crippen molar-refractivity contribution in [2.75, 3.05) is 44.2 Å². The third-order valence-electron chi connectivity index (χ3n) is 5.38. The molecular formula is C21H33N7. The third-order valence-corrected chi connectivity index (χ3v) is 5.38. The molecule has 1 N–H and O–H groups in total. The number of unbranched alkanes of at least 4 members (excludes halogenated alkanes) is 1. The van der Waals surface area contributed by atoms with Gasteiger partial charge in [0.2, 0.25) is 0 Å². The Bertz CT molecular complexity index is 746. The zero-order valence-corrected chi connectivity index (χ0v) is 17.4. The minimum Gasteiger partial charge on any atom is -0.368 e. The standard InChI is InChI=1S/C21H33N7/c1-4-22-21(23-10-5-6-11-26-16-24-25-17-26)28-14-12-27(13-15-28)20-9-7-8-18(2)19(20)3/h7-9,16-17H,4-6,10-15H2,1-3H3,(H,22,23). The lowest BCUT2D eigenvalue weighted by atomic mass is 10.1. The molecule has 0 atom stereocenters. The van der Waals surface area contributed by atoms with E-state index in [9.17, 15) is 0 Å². The van der Waals surface area contributed by atoms with E-state index in [1.54, 1.807) is 12.7 Å². The summed E-state index contributed by atoms with van der Waals surface area (Å²) in [5, 5.41) is 11.1. The average Bonchev–Trinajstić information content (AvgIpc) is 3.23. The molecule has 152 valence electrons. The highest BCUT2D eigenvalue weighted by molar-refractivity contribution is 5.80. The fourth-order valence-corrected chi connectivity index (χ4v) is 3.59. The number of benzene rings is 1. The second-order valence-corrected chi connectivity index (χ2v) is 7.34. The molecule has 1 aromatic carbocycles. The lowest BCUT2D eigenvalue weighted by molar-refractivity contribution is 0.372. The second kappa shape index (κ2) is 10.1. The number of rotatable bonds is 7. The summed E-state index contributed by atoms with van der Waals surface area (Å²) >= 11 is 0. The molecule has 3 rings (SSSR count). The number of piperazine rings is 1. The molecule has 28 heavy (non-hydrogen) atoms. The predicted octanol–water partition coefficient (Wildman–Crippen LogP) is 2.46. The van der Waals surface area contributed by atoms with Crippen LogP contribution >= 0.6 is 0 Å². The molecule has 1 aromatic heterocycles. The van der Waals surface area contributed by atoms with E-state index in [2.05, 4.69) is 64.3 Å². The number of aryl methyl sites for hydroxylation is 2. The summed E-state index contributed by atoms with van der Waals surface area (Å²) in [6, 6.07) is 6.59. The summed E-state index contributed by atoms with van der Waals surface area (Å²) in [6.07, 6.45) is 5.68. The molecule has 0 radical (unpaired) electrons. The quantitative estimate of drug-likeness (QED) is 0.452. The second-order valence-electron chi connectivity index (χ2n) is 7.34. The predicted molar refractivity (Wildman–Crippen MR) is 115 cm³/mol. The highest BCUT2D eigenvalue weighted by Gasteiger charge is 2.20. The van der Waals surface area contributed by atoms with Gasteiger partial charge in [0, 0.05) is 51.5 Å². The van der Waals surface area contributed by atoms with Crippen molar-refractivity contribution in [2.45, 2.75) is 40.2 Å². The van der Waals surface area contributed by atoms with Gasteiger partial charge >= 0.3 is 0 Å². The zero-order valence-electron chi connectivity index (χ0n) is 17.4. The maximum absolute atomic E-state index is 4.86. The molecule has 2 aromatic rings. The maximum Gasteiger partial charge on any atom is 0.194 e. The molecule has 0 saturated carbocycles. The van der Waals surface area contributed by atoms with Crippen molar-refractivity contribution in [3.8, 4) is 0 Å². The van der Waals surface area contributed by atoms with Crippen molar-refractivity contribution in [3.63, 3.8) is 0 Å². The first-order chi connectivity index (χ1) is 13.7. The topological polar surface area (TPSA) is 61.6 Å². The van der Waals surface area contributed by atoms with E-state index < -0.39 is 0 Å². The van der Waals surface area contributed by atoms with Gasteiger partial charge in [-0.2, -0.15) is 0 Å². The van der Waals surface area contributed by atoms with Crippen molar-refractivity contribution in [2.24, 2.45) is 4.99 Å². The highest BCUT2D eigenvalue weighted by Crippen LogP contribution is 2.23. The lowest BCUT2D eigenvalue weighted by Crippen LogP contribution is -2.52. The van der Waals surface area contributed by atoms with Crippen molar-refractivity contribution in [3.05, 3.63) is 42.0 Å². The smallest absolute Gasteiger partial charge is 0.194 e. The van der Waals surface area contributed by atoms with Gasteiger partial charge < -0.3 is 19.7 Å². The van der Waals surface area contributed by atoms with E-state index in [4.69, 9.17) is 4.99 Å². The summed E-state index contributed by atoms with van der Waals surface area (Å²) < 4.78 is 2.02. The number of anilines is 1. The van der Waals surface area contributed by atoms with Crippen LogP contribution < -0.4 is 10.2 Å². The molecule has 1 aliphatic rings. The van der Waals surface area contributed by atoms with E-state index in [1.807, 2.05) is 4.57 Å². The number of aromatic nitrogens is 3. The van der Waals surface area contributed by atoms with Crippen molar-refractivity contribution in [1.82, 2.24) is 25.0 Å². The Labute approximate surface area is 168 Å². The molecule has 1 fully saturated rings. The molecule has 7 heteroatoms. The molecule has 1 aliphatic heterocycles. The Hall–Kier alpha value is -2.57. The van der Waals surface area contributed by atoms with E-state index >= 15 is 0 Å². The van der Waals surface area contributed by atoms with Crippen LogP contribution in [0.25, 0.3) is 0 Å². The van der Waals surface area contributed by atoms with Crippen molar-refractivity contribution in [1.29, 1.82) is 0 Å². The minimum absolute atomic E-state index is 0.849. The van der Waals surface area contributed by atoms with Gasteiger partial charge in [-0.3, -0.25) is 4.99 Å². The molecule has 0 spiro atoms. The van der Waals surface area contributed by atoms with Crippen LogP contribution in [0.2, 0.25) is 0 Å². The monoisotopic (exact) mass is 383 g/mol. The fourth-order valence-electron chi connectivity index (χ4n) is 3.59. The number of nitrogens with one attached hydrogen (secondary N) is 1. The van der Waals surface area contributed by atoms with Crippen LogP contribution in [0, 0.1) is 13.8 Å². The summed E-state index contributed by atoms with van der Waals surface area (Å²) in [4.78, 5) is 9.75. The van der Waals surface area contributed by atoms with Crippen LogP contribution in [-0.2, 0) is 6.54 Å². The van der Waals surface area contributed by atoms with Gasteiger partial charge in [0.15, 0.2) is 5.96 Å². The number of aliphatic imine (C=N–C) groups is 1. The Kier molecular flexibility index (Phi) is 7.28. The van der Waals surface area contributed by atoms with Gasteiger partial charge in [-0.25, -0.2) is 0 Å². The van der Waals surface area contributed by atoms with Crippen molar-refractivity contribution >= 4 is 11.6 Å². The largest absolute Gasteiger partial charge is 0.368 e. The molecule has 7 nitrogen and oxygen atoms in total. The lowest BCUT2D eigenvalue weighted by Gasteiger charge is -2.38. The summed E-state index contributed by atoms with van der Waals surface area (Å²) in [7, 11) is 0. The Morgan fingerprint density at radius 1 is 1.07 bits per heavy atom. The van der Waals surface area contributed by atoms with Gasteiger partial charge in [0.05, 0.1) is 0 Å². The number of hydrogen-bond donors (Lipinski definition) is 1. The zero-order chi connectivity index (χ0) is 19.8. The van der Waals surface area contributed by atoms with Crippen LogP contribution in [0.5, 0.6) is 0 Å². The molecular weight excluding hydrogens is 350 g/mol. The van der Waals surface area contributed by atoms with Crippen LogP contribution in [0.3, 0.4) is 0 Å². The van der Waals surface area contributed by atoms with Gasteiger partial charge in [-0.1, -0.05) is 12.1 Å². The highest BCUT2D eigenvalue weighted by atomic mass is 15.3. The molecule has 0 unspecified atom stereocenters. The number of hydrogen-bond acceptors (Lipinski definition) is 4. The number of nitrogens with zero attached hydrogens (tertiary/aromatic N) is 6. The molecule has 0 bridgehead atoms. The first kappa shape index (κ1) is 20.2. The number of guanidine groups is 1. The van der Waals surface area contributed by atoms with Gasteiger partial charge in [-0.15, -0.1) is 10.2 Å². The third kappa shape index (κ3) is 5.24. The first-order valence-electron chi connectivity index (χ1n) is 10.4. The Morgan fingerprint density at radius 2 is 1.82 bits per heavy atom.